The van der Waals surface area contributed by atoms with Crippen molar-refractivity contribution in [1.82, 2.24) is 9.62 Å². The maximum absolute atomic E-state index is 11.8. The Hall–Kier alpha value is -1.93. The second-order valence-corrected chi connectivity index (χ2v) is 5.85. The molecule has 0 bridgehead atoms. The number of nitrogens with one attached hydrogen (secondary N) is 1. The van der Waals surface area contributed by atoms with Crippen molar-refractivity contribution in [1.29, 1.82) is 0 Å². The third-order valence-corrected chi connectivity index (χ3v) is 4.12. The highest BCUT2D eigenvalue weighted by atomic mass is 32.2. The van der Waals surface area contributed by atoms with E-state index < -0.39 is 28.3 Å². The molecule has 0 unspecified atom stereocenters. The van der Waals surface area contributed by atoms with Crippen molar-refractivity contribution in [3.8, 4) is 0 Å². The van der Waals surface area contributed by atoms with Crippen LogP contribution in [-0.4, -0.2) is 41.2 Å². The van der Waals surface area contributed by atoms with E-state index in [-0.39, 0.29) is 12.3 Å². The Balaban J connectivity index is 1.96. The smallest absolute Gasteiger partial charge is 0.342 e. The molecule has 0 spiro atoms. The molecule has 0 aromatic heterocycles. The van der Waals surface area contributed by atoms with Crippen LogP contribution < -0.4 is 5.32 Å². The molecule has 0 saturated carbocycles. The minimum absolute atomic E-state index is 0.100. The first-order valence-electron chi connectivity index (χ1n) is 5.94. The van der Waals surface area contributed by atoms with Crippen molar-refractivity contribution >= 4 is 22.1 Å². The van der Waals surface area contributed by atoms with Crippen LogP contribution in [0.3, 0.4) is 0 Å². The van der Waals surface area contributed by atoms with Crippen LogP contribution in [0.1, 0.15) is 12.5 Å². The molecule has 1 fully saturated rings. The fourth-order valence-corrected chi connectivity index (χ4v) is 2.99. The van der Waals surface area contributed by atoms with Crippen LogP contribution in [0, 0.1) is 0 Å². The van der Waals surface area contributed by atoms with Gasteiger partial charge in [-0.25, -0.2) is 4.31 Å². The van der Waals surface area contributed by atoms with Crippen molar-refractivity contribution in [3.05, 3.63) is 35.9 Å². The third kappa shape index (κ3) is 2.81. The summed E-state index contributed by atoms with van der Waals surface area (Å²) in [5.74, 6) is -1.21. The van der Waals surface area contributed by atoms with Gasteiger partial charge in [-0.2, -0.15) is 8.42 Å². The zero-order valence-electron chi connectivity index (χ0n) is 10.7. The van der Waals surface area contributed by atoms with Crippen molar-refractivity contribution < 1.29 is 22.6 Å². The molecule has 2 atom stereocenters. The fraction of sp³-hybridized carbons (Fsp3) is 0.333. The van der Waals surface area contributed by atoms with Crippen molar-refractivity contribution in [2.75, 3.05) is 0 Å². The molecule has 1 aliphatic heterocycles. The number of nitrogens with zero attached hydrogens (tertiary/aromatic N) is 1. The molecule has 20 heavy (non-hydrogen) atoms. The lowest BCUT2D eigenvalue weighted by molar-refractivity contribution is -0.144. The van der Waals surface area contributed by atoms with E-state index in [1.807, 2.05) is 6.07 Å². The molecule has 7 nitrogen and oxygen atoms in total. The number of benzene rings is 1. The Morgan fingerprint density at radius 3 is 2.45 bits per heavy atom. The minimum atomic E-state index is -4.56. The van der Waals surface area contributed by atoms with E-state index in [0.29, 0.717) is 4.31 Å². The van der Waals surface area contributed by atoms with Gasteiger partial charge in [0, 0.05) is 0 Å². The van der Waals surface area contributed by atoms with E-state index >= 15 is 0 Å². The molecule has 0 radical (unpaired) electrons. The molecule has 2 N–H and O–H groups in total. The molecule has 2 amide bonds. The Morgan fingerprint density at radius 1 is 1.35 bits per heavy atom. The molecule has 1 aromatic rings. The number of rotatable bonds is 4. The van der Waals surface area contributed by atoms with Crippen LogP contribution >= 0.6 is 0 Å². The topological polar surface area (TPSA) is 104 Å². The molecule has 1 saturated heterocycles. The van der Waals surface area contributed by atoms with Gasteiger partial charge in [0.05, 0.1) is 12.5 Å². The lowest BCUT2D eigenvalue weighted by atomic mass is 10.0. The van der Waals surface area contributed by atoms with Gasteiger partial charge in [-0.05, 0) is 12.5 Å². The molecular weight excluding hydrogens is 284 g/mol. The van der Waals surface area contributed by atoms with Crippen LogP contribution in [0.5, 0.6) is 0 Å². The lowest BCUT2D eigenvalue weighted by Gasteiger charge is -2.42. The lowest BCUT2D eigenvalue weighted by Crippen LogP contribution is -2.70. The summed E-state index contributed by atoms with van der Waals surface area (Å²) in [6.07, 6.45) is 0.100. The molecule has 1 aliphatic rings. The number of carbonyl (C=O) groups excluding carboxylic acids is 2. The second kappa shape index (κ2) is 5.22. The van der Waals surface area contributed by atoms with E-state index in [9.17, 15) is 18.0 Å². The van der Waals surface area contributed by atoms with Gasteiger partial charge in [0.1, 0.15) is 6.04 Å². The summed E-state index contributed by atoms with van der Waals surface area (Å²) in [4.78, 5) is 23.3. The molecule has 8 heteroatoms. The van der Waals surface area contributed by atoms with Gasteiger partial charge in [0.2, 0.25) is 5.91 Å². The van der Waals surface area contributed by atoms with Crippen molar-refractivity contribution in [2.45, 2.75) is 25.4 Å². The summed E-state index contributed by atoms with van der Waals surface area (Å²) in [5.41, 5.74) is 0.788. The van der Waals surface area contributed by atoms with Gasteiger partial charge in [0.15, 0.2) is 0 Å². The van der Waals surface area contributed by atoms with Crippen molar-refractivity contribution in [3.63, 3.8) is 0 Å². The average molecular weight is 298 g/mol. The number of β-lactam (4-membered cyclic amide) rings is 1. The Kier molecular flexibility index (Phi) is 3.78. The summed E-state index contributed by atoms with van der Waals surface area (Å²) >= 11 is 0. The van der Waals surface area contributed by atoms with Crippen LogP contribution in [0.2, 0.25) is 0 Å². The highest BCUT2D eigenvalue weighted by Gasteiger charge is 2.51. The summed E-state index contributed by atoms with van der Waals surface area (Å²) in [6.45, 7) is 1.43. The third-order valence-electron chi connectivity index (χ3n) is 3.11. The van der Waals surface area contributed by atoms with Gasteiger partial charge in [-0.3, -0.25) is 14.1 Å². The normalized spacial score (nSPS) is 22.3. The summed E-state index contributed by atoms with van der Waals surface area (Å²) < 4.78 is 31.0. The van der Waals surface area contributed by atoms with Crippen LogP contribution in [0.15, 0.2) is 30.3 Å². The van der Waals surface area contributed by atoms with Gasteiger partial charge >= 0.3 is 10.3 Å². The molecule has 1 heterocycles. The zero-order chi connectivity index (χ0) is 14.9. The summed E-state index contributed by atoms with van der Waals surface area (Å²) in [5, 5.41) is 2.46. The predicted octanol–water partition coefficient (Wildman–Crippen LogP) is -0.253. The van der Waals surface area contributed by atoms with E-state index in [1.54, 1.807) is 24.3 Å². The quantitative estimate of drug-likeness (QED) is 0.589. The van der Waals surface area contributed by atoms with Gasteiger partial charge in [0.25, 0.3) is 5.91 Å². The van der Waals surface area contributed by atoms with E-state index in [0.717, 1.165) is 5.56 Å². The number of carbonyl (C=O) groups is 2. The fourth-order valence-electron chi connectivity index (χ4n) is 2.11. The molecule has 108 valence electrons. The maximum Gasteiger partial charge on any atom is 0.362 e. The Bertz CT molecular complexity index is 629. The molecule has 1 aromatic carbocycles. The van der Waals surface area contributed by atoms with Crippen molar-refractivity contribution in [2.24, 2.45) is 0 Å². The Labute approximate surface area is 116 Å². The molecular formula is C12H14N2O5S. The number of hydrogen-bond donors (Lipinski definition) is 2. The molecule has 0 aliphatic carbocycles. The standard InChI is InChI=1S/C12H14N2O5S/c1-8-11(12(16)14(8)20(17,18)19)13-10(15)7-9-5-3-2-4-6-9/h2-6,8,11H,7H2,1H3,(H,13,15)(H,17,18,19)/t8-,11-/m0/s1. The predicted molar refractivity (Wildman–Crippen MR) is 69.9 cm³/mol. The highest BCUT2D eigenvalue weighted by molar-refractivity contribution is 7.84. The van der Waals surface area contributed by atoms with Crippen LogP contribution in [0.4, 0.5) is 0 Å². The highest BCUT2D eigenvalue weighted by Crippen LogP contribution is 2.22. The second-order valence-electron chi connectivity index (χ2n) is 4.56. The SMILES string of the molecule is C[C@H]1[C@H](NC(=O)Cc2ccccc2)C(=O)N1S(=O)(=O)O. The van der Waals surface area contributed by atoms with Crippen LogP contribution in [-0.2, 0) is 26.3 Å². The Morgan fingerprint density at radius 2 is 1.95 bits per heavy atom. The van der Waals surface area contributed by atoms with Gasteiger partial charge in [-0.15, -0.1) is 0 Å². The van der Waals surface area contributed by atoms with E-state index in [2.05, 4.69) is 5.32 Å². The largest absolute Gasteiger partial charge is 0.362 e. The maximum atomic E-state index is 11.8. The monoisotopic (exact) mass is 298 g/mol. The average Bonchev–Trinajstić information content (AvgIpc) is 2.36. The van der Waals surface area contributed by atoms with Gasteiger partial charge in [-0.1, -0.05) is 30.3 Å². The first-order valence-corrected chi connectivity index (χ1v) is 7.34. The van der Waals surface area contributed by atoms with E-state index in [1.165, 1.54) is 6.92 Å². The summed E-state index contributed by atoms with van der Waals surface area (Å²) in [7, 11) is -4.56. The van der Waals surface area contributed by atoms with Crippen LogP contribution in [0.25, 0.3) is 0 Å². The van der Waals surface area contributed by atoms with Gasteiger partial charge < -0.3 is 5.32 Å². The number of hydrogen-bond acceptors (Lipinski definition) is 4. The number of amides is 2. The summed E-state index contributed by atoms with van der Waals surface area (Å²) in [6, 6.07) is 7.24. The first kappa shape index (κ1) is 14.5. The molecule has 2 rings (SSSR count). The van der Waals surface area contributed by atoms with E-state index in [4.69, 9.17) is 4.55 Å². The zero-order valence-corrected chi connectivity index (χ0v) is 11.5. The first-order chi connectivity index (χ1) is 9.30. The minimum Gasteiger partial charge on any atom is -0.342 e.